The van der Waals surface area contributed by atoms with E-state index in [1.165, 1.54) is 24.8 Å². The van der Waals surface area contributed by atoms with Gasteiger partial charge in [-0.05, 0) is 77.2 Å². The van der Waals surface area contributed by atoms with Crippen LogP contribution in [0.2, 0.25) is 0 Å². The summed E-state index contributed by atoms with van der Waals surface area (Å²) in [4.78, 5) is 17.4. The molecule has 5 heteroatoms. The molecule has 1 N–H and O–H groups in total. The number of piperidine rings is 1. The zero-order valence-corrected chi connectivity index (χ0v) is 17.2. The number of carbonyl (C=O) groups is 1. The van der Waals surface area contributed by atoms with Crippen molar-refractivity contribution in [2.45, 2.75) is 64.5 Å². The largest absolute Gasteiger partial charge is 0.494 e. The molecule has 0 saturated carbocycles. The first-order valence-corrected chi connectivity index (χ1v) is 10.5. The molecule has 0 aromatic heterocycles. The molecule has 2 aliphatic heterocycles. The van der Waals surface area contributed by atoms with Crippen LogP contribution in [0.25, 0.3) is 0 Å². The van der Waals surface area contributed by atoms with Gasteiger partial charge >= 0.3 is 6.03 Å². The maximum atomic E-state index is 12.9. The minimum Gasteiger partial charge on any atom is -0.494 e. The zero-order valence-electron chi connectivity index (χ0n) is 17.2. The first kappa shape index (κ1) is 20.0. The summed E-state index contributed by atoms with van der Waals surface area (Å²) in [5.74, 6) is 0.888. The molecule has 2 amide bonds. The first-order valence-electron chi connectivity index (χ1n) is 10.5. The van der Waals surface area contributed by atoms with Gasteiger partial charge in [0.1, 0.15) is 5.75 Å². The van der Waals surface area contributed by atoms with Gasteiger partial charge in [0, 0.05) is 18.6 Å². The molecule has 1 atom stereocenters. The number of likely N-dealkylation sites (tertiary alicyclic amines) is 2. The predicted octanol–water partition coefficient (Wildman–Crippen LogP) is 4.20. The number of hydrogen-bond donors (Lipinski definition) is 1. The third-order valence-corrected chi connectivity index (χ3v) is 5.97. The molecule has 0 spiro atoms. The second-order valence-electron chi connectivity index (χ2n) is 8.37. The highest BCUT2D eigenvalue weighted by atomic mass is 16.5. The third kappa shape index (κ3) is 4.95. The van der Waals surface area contributed by atoms with Gasteiger partial charge in [-0.15, -0.1) is 0 Å². The predicted molar refractivity (Wildman–Crippen MR) is 109 cm³/mol. The summed E-state index contributed by atoms with van der Waals surface area (Å²) in [7, 11) is 0. The molecule has 1 aromatic rings. The number of hydrogen-bond acceptors (Lipinski definition) is 3. The highest BCUT2D eigenvalue weighted by molar-refractivity contribution is 5.75. The number of benzene rings is 1. The molecule has 1 aromatic carbocycles. The van der Waals surface area contributed by atoms with Crippen molar-refractivity contribution < 1.29 is 9.53 Å². The number of carbonyl (C=O) groups excluding carboxylic acids is 1. The summed E-state index contributed by atoms with van der Waals surface area (Å²) in [5, 5.41) is 3.21. The van der Waals surface area contributed by atoms with E-state index in [1.54, 1.807) is 0 Å². The van der Waals surface area contributed by atoms with Crippen LogP contribution in [0.1, 0.15) is 64.5 Å². The molecule has 2 aliphatic rings. The Morgan fingerprint density at radius 2 is 1.81 bits per heavy atom. The molecule has 2 saturated heterocycles. The van der Waals surface area contributed by atoms with E-state index >= 15 is 0 Å². The molecule has 27 heavy (non-hydrogen) atoms. The lowest BCUT2D eigenvalue weighted by Crippen LogP contribution is -2.54. The molecule has 1 unspecified atom stereocenters. The van der Waals surface area contributed by atoms with Gasteiger partial charge in [0.05, 0.1) is 12.6 Å². The quantitative estimate of drug-likeness (QED) is 0.813. The molecule has 3 rings (SSSR count). The lowest BCUT2D eigenvalue weighted by Gasteiger charge is -2.41. The summed E-state index contributed by atoms with van der Waals surface area (Å²) in [5.41, 5.74) is 1.20. The fraction of sp³-hybridized carbons (Fsp3) is 0.682. The summed E-state index contributed by atoms with van der Waals surface area (Å²) in [6.07, 6.45) is 5.95. The summed E-state index contributed by atoms with van der Waals surface area (Å²) in [6.45, 7) is 10.9. The number of urea groups is 1. The van der Waals surface area contributed by atoms with Crippen LogP contribution >= 0.6 is 0 Å². The number of nitrogens with zero attached hydrogens (tertiary/aromatic N) is 2. The van der Waals surface area contributed by atoms with E-state index in [4.69, 9.17) is 4.74 Å². The van der Waals surface area contributed by atoms with Crippen LogP contribution in [-0.4, -0.2) is 54.2 Å². The van der Waals surface area contributed by atoms with Crippen LogP contribution in [0, 0.1) is 0 Å². The fourth-order valence-electron chi connectivity index (χ4n) is 4.31. The Bertz CT molecular complexity index is 608. The van der Waals surface area contributed by atoms with E-state index in [-0.39, 0.29) is 17.6 Å². The third-order valence-electron chi connectivity index (χ3n) is 5.97. The second kappa shape index (κ2) is 8.96. The summed E-state index contributed by atoms with van der Waals surface area (Å²) < 4.78 is 5.53. The Balaban J connectivity index is 1.58. The normalized spacial score (nSPS) is 21.3. The van der Waals surface area contributed by atoms with Crippen molar-refractivity contribution in [2.75, 3.05) is 32.8 Å². The van der Waals surface area contributed by atoms with Crippen molar-refractivity contribution in [1.29, 1.82) is 0 Å². The maximum absolute atomic E-state index is 12.9. The topological polar surface area (TPSA) is 44.8 Å². The number of rotatable bonds is 6. The van der Waals surface area contributed by atoms with Crippen LogP contribution in [0.5, 0.6) is 5.75 Å². The lowest BCUT2D eigenvalue weighted by molar-refractivity contribution is 0.0935. The molecule has 2 fully saturated rings. The highest BCUT2D eigenvalue weighted by Crippen LogP contribution is 2.33. The van der Waals surface area contributed by atoms with Crippen molar-refractivity contribution in [1.82, 2.24) is 15.1 Å². The SMILES string of the molecule is CCOc1ccc(C2CCCN2C(=O)NCC(C)(C)N2CCCCC2)cc1. The smallest absolute Gasteiger partial charge is 0.317 e. The van der Waals surface area contributed by atoms with Crippen LogP contribution in [0.4, 0.5) is 4.79 Å². The molecule has 2 heterocycles. The second-order valence-corrected chi connectivity index (χ2v) is 8.37. The Labute approximate surface area is 164 Å². The standard InChI is InChI=1S/C22H35N3O2/c1-4-27-19-12-10-18(11-13-19)20-9-8-16-25(20)21(26)23-17-22(2,3)24-14-6-5-7-15-24/h10-13,20H,4-9,14-17H2,1-3H3,(H,23,26). The van der Waals surface area contributed by atoms with Gasteiger partial charge in [0.2, 0.25) is 0 Å². The van der Waals surface area contributed by atoms with Crippen LogP contribution in [0.3, 0.4) is 0 Å². The van der Waals surface area contributed by atoms with E-state index in [9.17, 15) is 4.79 Å². The monoisotopic (exact) mass is 373 g/mol. The molecule has 150 valence electrons. The molecule has 0 aliphatic carbocycles. The van der Waals surface area contributed by atoms with Crippen molar-refractivity contribution in [3.8, 4) is 5.75 Å². The van der Waals surface area contributed by atoms with E-state index in [0.29, 0.717) is 13.2 Å². The van der Waals surface area contributed by atoms with E-state index in [2.05, 4.69) is 36.2 Å². The van der Waals surface area contributed by atoms with Gasteiger partial charge in [0.15, 0.2) is 0 Å². The highest BCUT2D eigenvalue weighted by Gasteiger charge is 2.32. The Morgan fingerprint density at radius 1 is 1.11 bits per heavy atom. The zero-order chi connectivity index (χ0) is 19.3. The Kier molecular flexibility index (Phi) is 6.64. The molecule has 0 radical (unpaired) electrons. The van der Waals surface area contributed by atoms with Crippen LogP contribution in [-0.2, 0) is 0 Å². The number of amides is 2. The van der Waals surface area contributed by atoms with Gasteiger partial charge in [-0.2, -0.15) is 0 Å². The van der Waals surface area contributed by atoms with Gasteiger partial charge in [-0.3, -0.25) is 4.90 Å². The Hall–Kier alpha value is -1.75. The van der Waals surface area contributed by atoms with Gasteiger partial charge in [-0.1, -0.05) is 18.6 Å². The van der Waals surface area contributed by atoms with Gasteiger partial charge in [0.25, 0.3) is 0 Å². The van der Waals surface area contributed by atoms with Gasteiger partial charge < -0.3 is 15.0 Å². The van der Waals surface area contributed by atoms with Crippen molar-refractivity contribution >= 4 is 6.03 Å². The summed E-state index contributed by atoms with van der Waals surface area (Å²) >= 11 is 0. The van der Waals surface area contributed by atoms with Gasteiger partial charge in [-0.25, -0.2) is 4.79 Å². The average Bonchev–Trinajstić information content (AvgIpc) is 3.18. The van der Waals surface area contributed by atoms with E-state index in [0.717, 1.165) is 38.2 Å². The van der Waals surface area contributed by atoms with Crippen molar-refractivity contribution in [3.63, 3.8) is 0 Å². The van der Waals surface area contributed by atoms with E-state index < -0.39 is 0 Å². The lowest BCUT2D eigenvalue weighted by atomic mass is 9.98. The number of nitrogens with one attached hydrogen (secondary N) is 1. The minimum atomic E-state index is 0.00441. The molecule has 0 bridgehead atoms. The first-order chi connectivity index (χ1) is 13.0. The minimum absolute atomic E-state index is 0.00441. The molecular weight excluding hydrogens is 338 g/mol. The maximum Gasteiger partial charge on any atom is 0.317 e. The molecular formula is C22H35N3O2. The Morgan fingerprint density at radius 3 is 2.48 bits per heavy atom. The van der Waals surface area contributed by atoms with Crippen LogP contribution in [0.15, 0.2) is 24.3 Å². The number of ether oxygens (including phenoxy) is 1. The van der Waals surface area contributed by atoms with Crippen LogP contribution < -0.4 is 10.1 Å². The summed E-state index contributed by atoms with van der Waals surface area (Å²) in [6, 6.07) is 8.44. The average molecular weight is 374 g/mol. The fourth-order valence-corrected chi connectivity index (χ4v) is 4.31. The van der Waals surface area contributed by atoms with Crippen molar-refractivity contribution in [3.05, 3.63) is 29.8 Å². The van der Waals surface area contributed by atoms with E-state index in [1.807, 2.05) is 24.0 Å². The van der Waals surface area contributed by atoms with Crippen molar-refractivity contribution in [2.24, 2.45) is 0 Å². The molecule has 5 nitrogen and oxygen atoms in total.